The summed E-state index contributed by atoms with van der Waals surface area (Å²) in [5.41, 5.74) is 1.07. The molecule has 0 amide bonds. The van der Waals surface area contributed by atoms with Crippen molar-refractivity contribution in [1.82, 2.24) is 9.88 Å². The number of rotatable bonds is 4. The van der Waals surface area contributed by atoms with Crippen LogP contribution in [-0.4, -0.2) is 48.8 Å². The second-order valence-electron chi connectivity index (χ2n) is 4.20. The first-order valence-electron chi connectivity index (χ1n) is 6.08. The van der Waals surface area contributed by atoms with E-state index in [9.17, 15) is 4.79 Å². The third-order valence-electron chi connectivity index (χ3n) is 2.90. The van der Waals surface area contributed by atoms with Crippen LogP contribution in [0.2, 0.25) is 0 Å². The number of thiazole rings is 1. The van der Waals surface area contributed by atoms with Crippen LogP contribution in [0.5, 0.6) is 0 Å². The summed E-state index contributed by atoms with van der Waals surface area (Å²) >= 11 is 1.69. The first kappa shape index (κ1) is 13.5. The minimum Gasteiger partial charge on any atom is -0.467 e. The Morgan fingerprint density at radius 2 is 2.56 bits per heavy atom. The van der Waals surface area contributed by atoms with E-state index in [-0.39, 0.29) is 5.97 Å². The first-order chi connectivity index (χ1) is 8.72. The zero-order chi connectivity index (χ0) is 13.0. The molecule has 1 fully saturated rings. The fraction of sp³-hybridized carbons (Fsp3) is 0.667. The van der Waals surface area contributed by atoms with Gasteiger partial charge in [-0.1, -0.05) is 6.92 Å². The molecule has 18 heavy (non-hydrogen) atoms. The number of aryl methyl sites for hydroxylation is 1. The van der Waals surface area contributed by atoms with Gasteiger partial charge in [0.1, 0.15) is 0 Å². The molecule has 0 aromatic carbocycles. The molecule has 5 nitrogen and oxygen atoms in total. The van der Waals surface area contributed by atoms with Crippen molar-refractivity contribution in [1.29, 1.82) is 0 Å². The number of hydrogen-bond donors (Lipinski definition) is 0. The number of methoxy groups -OCH3 is 1. The molecule has 2 rings (SSSR count). The quantitative estimate of drug-likeness (QED) is 0.766. The van der Waals surface area contributed by atoms with Crippen LogP contribution in [-0.2, 0) is 27.2 Å². The average Bonchev–Trinajstić information content (AvgIpc) is 2.86. The summed E-state index contributed by atoms with van der Waals surface area (Å²) < 4.78 is 10.1. The third-order valence-corrected chi connectivity index (χ3v) is 3.94. The number of carbonyl (C=O) groups excluding carboxylic acids is 1. The highest BCUT2D eigenvalue weighted by molar-refractivity contribution is 7.09. The van der Waals surface area contributed by atoms with Crippen LogP contribution >= 0.6 is 11.3 Å². The molecule has 100 valence electrons. The lowest BCUT2D eigenvalue weighted by atomic mass is 10.2. The fourth-order valence-corrected chi connectivity index (χ4v) is 2.67. The molecule has 0 aliphatic carbocycles. The molecule has 0 radical (unpaired) electrons. The molecule has 1 aromatic rings. The summed E-state index contributed by atoms with van der Waals surface area (Å²) in [6, 6.07) is 0. The highest BCUT2D eigenvalue weighted by Crippen LogP contribution is 2.14. The molecule has 1 unspecified atom stereocenters. The van der Waals surface area contributed by atoms with Crippen molar-refractivity contribution in [3.63, 3.8) is 0 Å². The molecule has 0 N–H and O–H groups in total. The normalized spacial score (nSPS) is 20.9. The van der Waals surface area contributed by atoms with Gasteiger partial charge in [0.15, 0.2) is 6.10 Å². The Bertz CT molecular complexity index is 408. The van der Waals surface area contributed by atoms with E-state index < -0.39 is 6.10 Å². The molecular formula is C12H18N2O3S. The summed E-state index contributed by atoms with van der Waals surface area (Å²) in [5, 5.41) is 3.24. The molecule has 1 aliphatic rings. The Labute approximate surface area is 111 Å². The number of hydrogen-bond acceptors (Lipinski definition) is 6. The number of aromatic nitrogens is 1. The van der Waals surface area contributed by atoms with Crippen molar-refractivity contribution >= 4 is 17.3 Å². The van der Waals surface area contributed by atoms with E-state index in [4.69, 9.17) is 9.47 Å². The minimum atomic E-state index is -0.465. The standard InChI is InChI=1S/C12H18N2O3S/c1-3-11-13-9(8-18-11)6-14-4-5-17-10(7-14)12(15)16-2/h8,10H,3-7H2,1-2H3. The Morgan fingerprint density at radius 3 is 3.22 bits per heavy atom. The molecule has 0 saturated carbocycles. The second kappa shape index (κ2) is 6.26. The topological polar surface area (TPSA) is 51.7 Å². The van der Waals surface area contributed by atoms with Gasteiger partial charge in [-0.2, -0.15) is 0 Å². The molecular weight excluding hydrogens is 252 g/mol. The molecule has 2 heterocycles. The van der Waals surface area contributed by atoms with Crippen molar-refractivity contribution in [3.05, 3.63) is 16.1 Å². The molecule has 1 atom stereocenters. The van der Waals surface area contributed by atoms with Crippen molar-refractivity contribution in [2.45, 2.75) is 26.0 Å². The molecule has 0 spiro atoms. The molecule has 1 aromatic heterocycles. The maximum absolute atomic E-state index is 11.4. The third kappa shape index (κ3) is 3.28. The van der Waals surface area contributed by atoms with Crippen LogP contribution in [0.1, 0.15) is 17.6 Å². The molecule has 6 heteroatoms. The van der Waals surface area contributed by atoms with Gasteiger partial charge in [0.05, 0.1) is 24.4 Å². The zero-order valence-corrected chi connectivity index (χ0v) is 11.5. The maximum atomic E-state index is 11.4. The number of carbonyl (C=O) groups is 1. The molecule has 1 aliphatic heterocycles. The van der Waals surface area contributed by atoms with Crippen LogP contribution in [0, 0.1) is 0 Å². The molecule has 0 bridgehead atoms. The maximum Gasteiger partial charge on any atom is 0.336 e. The number of morpholine rings is 1. The van der Waals surface area contributed by atoms with E-state index in [1.54, 1.807) is 11.3 Å². The van der Waals surface area contributed by atoms with Crippen LogP contribution in [0.3, 0.4) is 0 Å². The van der Waals surface area contributed by atoms with Crippen LogP contribution in [0.15, 0.2) is 5.38 Å². The number of esters is 1. The van der Waals surface area contributed by atoms with Crippen LogP contribution in [0.4, 0.5) is 0 Å². The van der Waals surface area contributed by atoms with Crippen molar-refractivity contribution in [2.24, 2.45) is 0 Å². The van der Waals surface area contributed by atoms with E-state index in [0.717, 1.165) is 30.2 Å². The summed E-state index contributed by atoms with van der Waals surface area (Å²) in [6.45, 7) is 4.83. The van der Waals surface area contributed by atoms with Crippen molar-refractivity contribution in [3.8, 4) is 0 Å². The van der Waals surface area contributed by atoms with Gasteiger partial charge in [-0.25, -0.2) is 9.78 Å². The van der Waals surface area contributed by atoms with E-state index in [1.165, 1.54) is 7.11 Å². The van der Waals surface area contributed by atoms with Gasteiger partial charge in [0, 0.05) is 25.0 Å². The van der Waals surface area contributed by atoms with Gasteiger partial charge in [0.25, 0.3) is 0 Å². The highest BCUT2D eigenvalue weighted by Gasteiger charge is 2.27. The fourth-order valence-electron chi connectivity index (χ4n) is 1.93. The largest absolute Gasteiger partial charge is 0.467 e. The van der Waals surface area contributed by atoms with Gasteiger partial charge in [-0.05, 0) is 6.42 Å². The van der Waals surface area contributed by atoms with Crippen molar-refractivity contribution in [2.75, 3.05) is 26.8 Å². The summed E-state index contributed by atoms with van der Waals surface area (Å²) in [6.07, 6.45) is 0.506. The van der Waals surface area contributed by atoms with E-state index in [2.05, 4.69) is 22.2 Å². The van der Waals surface area contributed by atoms with E-state index >= 15 is 0 Å². The van der Waals surface area contributed by atoms with Gasteiger partial charge in [-0.3, -0.25) is 4.90 Å². The Morgan fingerprint density at radius 1 is 1.72 bits per heavy atom. The summed E-state index contributed by atoms with van der Waals surface area (Å²) in [4.78, 5) is 18.1. The minimum absolute atomic E-state index is 0.299. The molecule has 1 saturated heterocycles. The lowest BCUT2D eigenvalue weighted by molar-refractivity contribution is -0.160. The van der Waals surface area contributed by atoms with Gasteiger partial charge in [0.2, 0.25) is 0 Å². The SMILES string of the molecule is CCc1nc(CN2CCOC(C(=O)OC)C2)cs1. The second-order valence-corrected chi connectivity index (χ2v) is 5.15. The lowest BCUT2D eigenvalue weighted by Gasteiger charge is -2.30. The predicted molar refractivity (Wildman–Crippen MR) is 68.5 cm³/mol. The highest BCUT2D eigenvalue weighted by atomic mass is 32.1. The zero-order valence-electron chi connectivity index (χ0n) is 10.7. The lowest BCUT2D eigenvalue weighted by Crippen LogP contribution is -2.46. The van der Waals surface area contributed by atoms with Crippen molar-refractivity contribution < 1.29 is 14.3 Å². The van der Waals surface area contributed by atoms with E-state index in [1.807, 2.05) is 0 Å². The van der Waals surface area contributed by atoms with Crippen LogP contribution < -0.4 is 0 Å². The average molecular weight is 270 g/mol. The van der Waals surface area contributed by atoms with Gasteiger partial charge >= 0.3 is 5.97 Å². The Hall–Kier alpha value is -0.980. The van der Waals surface area contributed by atoms with Gasteiger partial charge in [-0.15, -0.1) is 11.3 Å². The first-order valence-corrected chi connectivity index (χ1v) is 6.96. The van der Waals surface area contributed by atoms with E-state index in [0.29, 0.717) is 13.2 Å². The van der Waals surface area contributed by atoms with Crippen LogP contribution in [0.25, 0.3) is 0 Å². The number of nitrogens with zero attached hydrogens (tertiary/aromatic N) is 2. The smallest absolute Gasteiger partial charge is 0.336 e. The summed E-state index contributed by atoms with van der Waals surface area (Å²) in [7, 11) is 1.39. The monoisotopic (exact) mass is 270 g/mol. The summed E-state index contributed by atoms with van der Waals surface area (Å²) in [5.74, 6) is -0.299. The number of ether oxygens (including phenoxy) is 2. The Balaban J connectivity index is 1.91. The Kier molecular flexibility index (Phi) is 4.68. The van der Waals surface area contributed by atoms with Gasteiger partial charge < -0.3 is 9.47 Å². The predicted octanol–water partition coefficient (Wildman–Crippen LogP) is 1.08.